The molecular weight excluding hydrogens is 423 g/mol. The Bertz CT molecular complexity index is 919. The van der Waals surface area contributed by atoms with Crippen LogP contribution in [0, 0.1) is 12.7 Å². The fraction of sp³-hybridized carbons (Fsp3) is 0.222. The highest BCUT2D eigenvalue weighted by molar-refractivity contribution is 6.34. The predicted molar refractivity (Wildman–Crippen MR) is 95.4 cm³/mol. The minimum absolute atomic E-state index is 0.0503. The zero-order chi connectivity index (χ0) is 21.9. The maximum Gasteiger partial charge on any atom is 0.461 e. The van der Waals surface area contributed by atoms with Gasteiger partial charge in [0, 0.05) is 13.1 Å². The van der Waals surface area contributed by atoms with Crippen molar-refractivity contribution in [2.45, 2.75) is 19.5 Å². The molecule has 156 valence electrons. The summed E-state index contributed by atoms with van der Waals surface area (Å²) in [6, 6.07) is 5.66. The van der Waals surface area contributed by atoms with E-state index < -0.39 is 41.7 Å². The molecule has 3 amide bonds. The summed E-state index contributed by atoms with van der Waals surface area (Å²) in [5, 5.41) is 2.12. The topological polar surface area (TPSA) is 58.6 Å². The second kappa shape index (κ2) is 8.64. The Morgan fingerprint density at radius 2 is 1.86 bits per heavy atom. The molecule has 1 N–H and O–H groups in total. The van der Waals surface area contributed by atoms with Crippen LogP contribution in [0.25, 0.3) is 0 Å². The van der Waals surface area contributed by atoms with Crippen LogP contribution in [0.4, 0.5) is 32.4 Å². The number of ether oxygens (including phenoxy) is 1. The van der Waals surface area contributed by atoms with Gasteiger partial charge in [-0.1, -0.05) is 23.7 Å². The zero-order valence-corrected chi connectivity index (χ0v) is 15.7. The standard InChI is InChI=1S/C18H14ClF5N2O3/c1-9-4-3-5-11(19)14(9)15(27)25-17(28)26(2)13-7-6-10(8-12(13)20)29-18(23,24)16(21)22/h3-8,16H,1-2H3,(H,25,27,28). The van der Waals surface area contributed by atoms with E-state index in [9.17, 15) is 31.5 Å². The van der Waals surface area contributed by atoms with Crippen molar-refractivity contribution in [3.8, 4) is 5.75 Å². The van der Waals surface area contributed by atoms with Crippen molar-refractivity contribution in [2.75, 3.05) is 11.9 Å². The Hall–Kier alpha value is -2.88. The number of carbonyl (C=O) groups excluding carboxylic acids is 2. The van der Waals surface area contributed by atoms with Gasteiger partial charge in [0.1, 0.15) is 5.75 Å². The summed E-state index contributed by atoms with van der Waals surface area (Å²) in [5.74, 6) is -2.92. The number of rotatable bonds is 5. The average molecular weight is 437 g/mol. The molecule has 0 saturated carbocycles. The molecule has 0 aliphatic carbocycles. The van der Waals surface area contributed by atoms with Crippen molar-refractivity contribution >= 4 is 29.2 Å². The molecule has 2 aromatic carbocycles. The van der Waals surface area contributed by atoms with Crippen LogP contribution in [0.3, 0.4) is 0 Å². The SMILES string of the molecule is Cc1cccc(Cl)c1C(=O)NC(=O)N(C)c1ccc(OC(F)(F)C(F)F)cc1F. The van der Waals surface area contributed by atoms with E-state index in [0.29, 0.717) is 16.5 Å². The van der Waals surface area contributed by atoms with Gasteiger partial charge in [0.25, 0.3) is 5.91 Å². The third kappa shape index (κ3) is 5.14. The van der Waals surface area contributed by atoms with Crippen LogP contribution in [0.1, 0.15) is 15.9 Å². The second-order valence-corrected chi connectivity index (χ2v) is 6.24. The highest BCUT2D eigenvalue weighted by Crippen LogP contribution is 2.30. The van der Waals surface area contributed by atoms with Gasteiger partial charge in [-0.15, -0.1) is 0 Å². The molecule has 0 spiro atoms. The number of imide groups is 1. The first kappa shape index (κ1) is 22.4. The molecule has 2 aromatic rings. The van der Waals surface area contributed by atoms with Gasteiger partial charge in [-0.3, -0.25) is 15.0 Å². The van der Waals surface area contributed by atoms with Crippen molar-refractivity contribution < 1.29 is 36.3 Å². The fourth-order valence-corrected chi connectivity index (χ4v) is 2.60. The number of nitrogens with zero attached hydrogens (tertiary/aromatic N) is 1. The van der Waals surface area contributed by atoms with E-state index in [0.717, 1.165) is 19.2 Å². The van der Waals surface area contributed by atoms with E-state index in [2.05, 4.69) is 4.74 Å². The lowest BCUT2D eigenvalue weighted by atomic mass is 10.1. The Morgan fingerprint density at radius 3 is 2.41 bits per heavy atom. The molecule has 0 fully saturated rings. The second-order valence-electron chi connectivity index (χ2n) is 5.83. The molecule has 0 heterocycles. The van der Waals surface area contributed by atoms with Gasteiger partial charge < -0.3 is 4.74 Å². The number of alkyl halides is 4. The molecule has 11 heteroatoms. The average Bonchev–Trinajstić information content (AvgIpc) is 2.60. The summed E-state index contributed by atoms with van der Waals surface area (Å²) in [5.41, 5.74) is 0.131. The van der Waals surface area contributed by atoms with Gasteiger partial charge in [0.15, 0.2) is 5.82 Å². The van der Waals surface area contributed by atoms with Crippen molar-refractivity contribution in [3.05, 3.63) is 58.4 Å². The van der Waals surface area contributed by atoms with E-state index in [1.165, 1.54) is 6.07 Å². The summed E-state index contributed by atoms with van der Waals surface area (Å²) in [6.45, 7) is 1.60. The van der Waals surface area contributed by atoms with E-state index in [1.54, 1.807) is 19.1 Å². The number of benzene rings is 2. The van der Waals surface area contributed by atoms with Crippen molar-refractivity contribution in [1.29, 1.82) is 0 Å². The van der Waals surface area contributed by atoms with Gasteiger partial charge in [-0.2, -0.15) is 17.6 Å². The number of halogens is 6. The number of hydrogen-bond donors (Lipinski definition) is 1. The van der Waals surface area contributed by atoms with Gasteiger partial charge >= 0.3 is 18.6 Å². The van der Waals surface area contributed by atoms with Crippen molar-refractivity contribution in [1.82, 2.24) is 5.32 Å². The number of hydrogen-bond acceptors (Lipinski definition) is 3. The largest absolute Gasteiger partial charge is 0.461 e. The quantitative estimate of drug-likeness (QED) is 0.670. The molecular formula is C18H14ClF5N2O3. The van der Waals surface area contributed by atoms with Crippen LogP contribution in [0.5, 0.6) is 5.75 Å². The molecule has 5 nitrogen and oxygen atoms in total. The summed E-state index contributed by atoms with van der Waals surface area (Å²) < 4.78 is 68.1. The monoisotopic (exact) mass is 436 g/mol. The highest BCUT2D eigenvalue weighted by Gasteiger charge is 2.44. The lowest BCUT2D eigenvalue weighted by molar-refractivity contribution is -0.253. The van der Waals surface area contributed by atoms with Crippen LogP contribution in [-0.4, -0.2) is 31.5 Å². The molecule has 0 aliphatic heterocycles. The van der Waals surface area contributed by atoms with Gasteiger partial charge in [0.05, 0.1) is 16.3 Å². The zero-order valence-electron chi connectivity index (χ0n) is 15.0. The predicted octanol–water partition coefficient (Wildman–Crippen LogP) is 5.01. The first-order valence-electron chi connectivity index (χ1n) is 7.92. The minimum Gasteiger partial charge on any atom is -0.428 e. The molecule has 0 atom stereocenters. The number of amides is 3. The molecule has 0 aliphatic rings. The molecule has 0 saturated heterocycles. The van der Waals surface area contributed by atoms with E-state index in [-0.39, 0.29) is 10.6 Å². The van der Waals surface area contributed by atoms with Crippen molar-refractivity contribution in [2.24, 2.45) is 0 Å². The Balaban J connectivity index is 2.16. The number of urea groups is 1. The van der Waals surface area contributed by atoms with E-state index in [1.807, 2.05) is 5.32 Å². The molecule has 29 heavy (non-hydrogen) atoms. The first-order valence-corrected chi connectivity index (χ1v) is 8.30. The minimum atomic E-state index is -4.81. The lowest BCUT2D eigenvalue weighted by Gasteiger charge is -2.20. The molecule has 0 aromatic heterocycles. The summed E-state index contributed by atoms with van der Waals surface area (Å²) in [7, 11) is 1.11. The Labute approximate surface area is 167 Å². The summed E-state index contributed by atoms with van der Waals surface area (Å²) in [6.07, 6.45) is -8.92. The lowest BCUT2D eigenvalue weighted by Crippen LogP contribution is -2.41. The van der Waals surface area contributed by atoms with Crippen LogP contribution < -0.4 is 15.0 Å². The number of nitrogens with one attached hydrogen (secondary N) is 1. The van der Waals surface area contributed by atoms with Gasteiger partial charge in [0.2, 0.25) is 0 Å². The van der Waals surface area contributed by atoms with Gasteiger partial charge in [-0.25, -0.2) is 9.18 Å². The Kier molecular flexibility index (Phi) is 6.68. The van der Waals surface area contributed by atoms with E-state index in [4.69, 9.17) is 11.6 Å². The first-order chi connectivity index (χ1) is 13.4. The van der Waals surface area contributed by atoms with Crippen LogP contribution in [-0.2, 0) is 0 Å². The van der Waals surface area contributed by atoms with Crippen LogP contribution in [0.15, 0.2) is 36.4 Å². The summed E-state index contributed by atoms with van der Waals surface area (Å²) in [4.78, 5) is 25.2. The summed E-state index contributed by atoms with van der Waals surface area (Å²) >= 11 is 5.95. The highest BCUT2D eigenvalue weighted by atomic mass is 35.5. The van der Waals surface area contributed by atoms with Crippen LogP contribution >= 0.6 is 11.6 Å². The molecule has 0 radical (unpaired) electrons. The molecule has 0 bridgehead atoms. The Morgan fingerprint density at radius 1 is 1.21 bits per heavy atom. The number of carbonyl (C=O) groups is 2. The maximum absolute atomic E-state index is 14.2. The maximum atomic E-state index is 14.2. The molecule has 0 unspecified atom stereocenters. The smallest absolute Gasteiger partial charge is 0.428 e. The number of anilines is 1. The molecule has 2 rings (SSSR count). The van der Waals surface area contributed by atoms with Gasteiger partial charge in [-0.05, 0) is 30.7 Å². The van der Waals surface area contributed by atoms with Crippen LogP contribution in [0.2, 0.25) is 5.02 Å². The van der Waals surface area contributed by atoms with Crippen molar-refractivity contribution in [3.63, 3.8) is 0 Å². The fourth-order valence-electron chi connectivity index (χ4n) is 2.30. The normalized spacial score (nSPS) is 11.3. The third-order valence-electron chi connectivity index (χ3n) is 3.76. The third-order valence-corrected chi connectivity index (χ3v) is 4.08. The van der Waals surface area contributed by atoms with E-state index >= 15 is 0 Å². The number of aryl methyl sites for hydroxylation is 1.